The van der Waals surface area contributed by atoms with Gasteiger partial charge < -0.3 is 25.4 Å². The number of fused-ring (bicyclic) bond motifs is 7. The van der Waals surface area contributed by atoms with Gasteiger partial charge in [-0.05, 0) is 91.0 Å². The quantitative estimate of drug-likeness (QED) is 0.463. The Morgan fingerprint density at radius 2 is 2.02 bits per heavy atom. The maximum absolute atomic E-state index is 17.5. The van der Waals surface area contributed by atoms with Crippen molar-refractivity contribution in [1.82, 2.24) is 4.98 Å². The molecule has 228 valence electrons. The van der Waals surface area contributed by atoms with E-state index in [0.717, 1.165) is 22.1 Å². The summed E-state index contributed by atoms with van der Waals surface area (Å²) in [6.45, 7) is 2.49. The molecule has 3 heterocycles. The van der Waals surface area contributed by atoms with Gasteiger partial charge in [0.25, 0.3) is 0 Å². The second kappa shape index (κ2) is 9.58. The van der Waals surface area contributed by atoms with E-state index in [1.165, 1.54) is 30.4 Å². The summed E-state index contributed by atoms with van der Waals surface area (Å²) in [4.78, 5) is 30.6. The fourth-order valence-corrected chi connectivity index (χ4v) is 10.0. The number of thiophene rings is 1. The fraction of sp³-hybridized carbons (Fsp3) is 0.531. The van der Waals surface area contributed by atoms with Crippen molar-refractivity contribution in [3.63, 3.8) is 0 Å². The minimum atomic E-state index is -2.29. The monoisotopic (exact) mass is 612 g/mol. The molecule has 43 heavy (non-hydrogen) atoms. The molecule has 3 saturated carbocycles. The first-order valence-corrected chi connectivity index (χ1v) is 15.5. The molecule has 1 saturated heterocycles. The van der Waals surface area contributed by atoms with Crippen molar-refractivity contribution in [1.29, 1.82) is 0 Å². The summed E-state index contributed by atoms with van der Waals surface area (Å²) in [7, 11) is 0. The zero-order chi connectivity index (χ0) is 30.5. The molecule has 8 nitrogen and oxygen atoms in total. The van der Waals surface area contributed by atoms with Crippen molar-refractivity contribution < 1.29 is 38.1 Å². The van der Waals surface area contributed by atoms with Crippen molar-refractivity contribution >= 4 is 28.7 Å². The molecule has 11 heteroatoms. The largest absolute Gasteiger partial charge is 0.390 e. The van der Waals surface area contributed by atoms with E-state index >= 15 is 8.78 Å². The number of hydrogen-bond acceptors (Lipinski definition) is 9. The molecule has 0 spiro atoms. The van der Waals surface area contributed by atoms with Gasteiger partial charge in [0.05, 0.1) is 17.1 Å². The Bertz CT molecular complexity index is 1580. The van der Waals surface area contributed by atoms with Crippen LogP contribution < -0.4 is 5.73 Å². The maximum Gasteiger partial charge on any atom is 0.194 e. The number of rotatable bonds is 5. The zero-order valence-corrected chi connectivity index (χ0v) is 24.7. The number of carbonyl (C=O) groups excluding carboxylic acids is 2. The van der Waals surface area contributed by atoms with Crippen molar-refractivity contribution in [2.45, 2.75) is 75.5 Å². The average molecular weight is 613 g/mol. The molecule has 0 radical (unpaired) electrons. The number of nitrogen functional groups attached to an aromatic ring is 1. The molecular formula is C32H34F2N2O6S. The molecule has 0 bridgehead atoms. The van der Waals surface area contributed by atoms with Crippen LogP contribution in [-0.2, 0) is 25.5 Å². The Kier molecular flexibility index (Phi) is 6.44. The van der Waals surface area contributed by atoms with Gasteiger partial charge in [-0.2, -0.15) is 0 Å². The van der Waals surface area contributed by atoms with Gasteiger partial charge in [0.2, 0.25) is 0 Å². The second-order valence-corrected chi connectivity index (χ2v) is 14.1. The summed E-state index contributed by atoms with van der Waals surface area (Å²) in [6.07, 6.45) is 0.873. The first-order chi connectivity index (χ1) is 20.4. The first-order valence-electron chi connectivity index (χ1n) is 14.6. The molecule has 4 aliphatic carbocycles. The van der Waals surface area contributed by atoms with Crippen LogP contribution in [0.15, 0.2) is 53.6 Å². The number of halogens is 2. The lowest BCUT2D eigenvalue weighted by molar-refractivity contribution is -0.234. The predicted molar refractivity (Wildman–Crippen MR) is 153 cm³/mol. The number of ketones is 2. The Labute approximate surface area is 251 Å². The van der Waals surface area contributed by atoms with E-state index < -0.39 is 76.8 Å². The molecule has 0 amide bonds. The molecule has 1 aliphatic heterocycles. The van der Waals surface area contributed by atoms with E-state index in [1.54, 1.807) is 19.2 Å². The van der Waals surface area contributed by atoms with E-state index in [4.69, 9.17) is 15.2 Å². The van der Waals surface area contributed by atoms with E-state index in [9.17, 15) is 19.8 Å². The number of pyridine rings is 1. The number of alkyl halides is 2. The highest BCUT2D eigenvalue weighted by Crippen LogP contribution is 2.72. The minimum Gasteiger partial charge on any atom is -0.390 e. The van der Waals surface area contributed by atoms with E-state index in [0.29, 0.717) is 12.2 Å². The predicted octanol–water partition coefficient (Wildman–Crippen LogP) is 3.96. The Hall–Kier alpha value is -2.83. The highest BCUT2D eigenvalue weighted by molar-refractivity contribution is 7.10. The third-order valence-corrected chi connectivity index (χ3v) is 12.1. The van der Waals surface area contributed by atoms with Crippen LogP contribution in [0, 0.1) is 22.7 Å². The molecule has 2 aromatic heterocycles. The summed E-state index contributed by atoms with van der Waals surface area (Å²) >= 11 is 1.41. The van der Waals surface area contributed by atoms with Gasteiger partial charge in [-0.25, -0.2) is 13.8 Å². The summed E-state index contributed by atoms with van der Waals surface area (Å²) in [5.41, 5.74) is 1.19. The van der Waals surface area contributed by atoms with Crippen LogP contribution in [0.2, 0.25) is 0 Å². The molecule has 5 aliphatic rings. The lowest BCUT2D eigenvalue weighted by Gasteiger charge is -2.63. The van der Waals surface area contributed by atoms with E-state index in [2.05, 4.69) is 4.98 Å². The number of aliphatic hydroxyl groups is 2. The molecule has 4 fully saturated rings. The number of Topliss-reactive ketones (excluding diaryl/α,β-unsaturated/α-hetero) is 1. The number of nitrogens with zero attached hydrogens (tertiary/aromatic N) is 1. The van der Waals surface area contributed by atoms with Crippen LogP contribution in [0.5, 0.6) is 0 Å². The Morgan fingerprint density at radius 3 is 2.77 bits per heavy atom. The number of nitrogens with two attached hydrogens (primary N) is 1. The summed E-state index contributed by atoms with van der Waals surface area (Å²) in [6, 6.07) is 5.61. The Morgan fingerprint density at radius 1 is 1.23 bits per heavy atom. The number of anilines is 1. The summed E-state index contributed by atoms with van der Waals surface area (Å²) < 4.78 is 46.3. The summed E-state index contributed by atoms with van der Waals surface area (Å²) in [5.74, 6) is -2.17. The summed E-state index contributed by atoms with van der Waals surface area (Å²) in [5, 5.41) is 23.8. The lowest BCUT2D eigenvalue weighted by atomic mass is 9.44. The number of allylic oxidation sites excluding steroid dienone is 4. The van der Waals surface area contributed by atoms with Crippen LogP contribution >= 0.6 is 11.3 Å². The smallest absolute Gasteiger partial charge is 0.194 e. The topological polar surface area (TPSA) is 132 Å². The van der Waals surface area contributed by atoms with Crippen molar-refractivity contribution in [2.24, 2.45) is 22.7 Å². The third kappa shape index (κ3) is 3.75. The molecule has 4 N–H and O–H groups in total. The van der Waals surface area contributed by atoms with Crippen LogP contribution in [0.4, 0.5) is 14.6 Å². The SMILES string of the molecule is C[C@]12C=CC(=O)C=C1[C@@H](F)C[C@H]1[C@@H]3C[C@H]4O[C@@H](c5cc(Cc6ccnc(N)c6)cs5)O[C@@]4(C(=O)CO)[C@@]3(C)C[C@H](O)[C@@]12F. The van der Waals surface area contributed by atoms with Gasteiger partial charge in [-0.15, -0.1) is 11.3 Å². The van der Waals surface area contributed by atoms with E-state index in [1.807, 2.05) is 17.5 Å². The zero-order valence-electron chi connectivity index (χ0n) is 23.8. The fourth-order valence-electron chi connectivity index (χ4n) is 9.14. The van der Waals surface area contributed by atoms with Crippen LogP contribution in [-0.4, -0.2) is 63.0 Å². The van der Waals surface area contributed by atoms with Crippen LogP contribution in [0.25, 0.3) is 0 Å². The van der Waals surface area contributed by atoms with Gasteiger partial charge in [0.1, 0.15) is 18.6 Å². The number of aromatic nitrogens is 1. The lowest BCUT2D eigenvalue weighted by Crippen LogP contribution is -2.70. The maximum atomic E-state index is 17.5. The highest BCUT2D eigenvalue weighted by atomic mass is 32.1. The Balaban J connectivity index is 1.23. The molecule has 0 aromatic carbocycles. The van der Waals surface area contributed by atoms with Gasteiger partial charge in [-0.1, -0.05) is 13.0 Å². The van der Waals surface area contributed by atoms with Crippen molar-refractivity contribution in [3.8, 4) is 0 Å². The molecular weight excluding hydrogens is 578 g/mol. The highest BCUT2D eigenvalue weighted by Gasteiger charge is 2.80. The van der Waals surface area contributed by atoms with Crippen molar-refractivity contribution in [2.75, 3.05) is 12.3 Å². The minimum absolute atomic E-state index is 0.0382. The molecule has 0 unspecified atom stereocenters. The van der Waals surface area contributed by atoms with Gasteiger partial charge in [0, 0.05) is 22.9 Å². The normalized spacial score (nSPS) is 43.0. The van der Waals surface area contributed by atoms with Gasteiger partial charge in [0.15, 0.2) is 29.1 Å². The number of ether oxygens (including phenoxy) is 2. The average Bonchev–Trinajstić information content (AvgIpc) is 3.64. The second-order valence-electron chi connectivity index (χ2n) is 13.1. The molecule has 2 aromatic rings. The number of hydrogen-bond donors (Lipinski definition) is 3. The van der Waals surface area contributed by atoms with Crippen LogP contribution in [0.3, 0.4) is 0 Å². The molecule has 10 atom stereocenters. The first kappa shape index (κ1) is 28.9. The number of aliphatic hydroxyl groups excluding tert-OH is 2. The molecule has 7 rings (SSSR count). The van der Waals surface area contributed by atoms with Crippen LogP contribution in [0.1, 0.15) is 55.4 Å². The van der Waals surface area contributed by atoms with Gasteiger partial charge in [-0.3, -0.25) is 9.59 Å². The number of carbonyl (C=O) groups is 2. The van der Waals surface area contributed by atoms with E-state index in [-0.39, 0.29) is 24.8 Å². The third-order valence-electron chi connectivity index (χ3n) is 11.1. The van der Waals surface area contributed by atoms with Gasteiger partial charge >= 0.3 is 0 Å². The van der Waals surface area contributed by atoms with Crippen molar-refractivity contribution in [3.05, 3.63) is 69.6 Å². The standard InChI is InChI=1S/C32H34F2N2O6S/c1-29-5-3-18(38)10-21(29)22(33)11-20-19-12-26-32(25(40)14-37,30(19,2)13-24(39)31(20,29)34)42-28(41-26)23-8-17(15-43-23)7-16-4-6-36-27(35)9-16/h3-6,8-10,15,19-20,22,24,26,28,37,39H,7,11-14H2,1-2H3,(H2,35,36)/t19-,20-,22-,24-,26+,28+,29-,30-,31-,32+/m0/s1.